The predicted molar refractivity (Wildman–Crippen MR) is 120 cm³/mol. The molecular weight excluding hydrogens is 424 g/mol. The maximum Gasteiger partial charge on any atom is 0.270 e. The molecule has 0 saturated carbocycles. The number of hydrogen-bond donors (Lipinski definition) is 2. The molecule has 4 aromatic rings. The minimum absolute atomic E-state index is 0.124. The van der Waals surface area contributed by atoms with E-state index < -0.39 is 11.9 Å². The Bertz CT molecular complexity index is 1360. The Morgan fingerprint density at radius 1 is 1.03 bits per heavy atom. The van der Waals surface area contributed by atoms with Crippen LogP contribution < -0.4 is 10.9 Å². The van der Waals surface area contributed by atoms with Crippen LogP contribution in [-0.2, 0) is 14.1 Å². The second-order valence-electron chi connectivity index (χ2n) is 7.58. The molecule has 0 fully saturated rings. The molecule has 2 N–H and O–H groups in total. The molecule has 4 heterocycles. The second kappa shape index (κ2) is 9.09. The molecule has 0 saturated heterocycles. The van der Waals surface area contributed by atoms with Crippen LogP contribution in [-0.4, -0.2) is 57.9 Å². The van der Waals surface area contributed by atoms with Crippen molar-refractivity contribution in [1.82, 2.24) is 39.6 Å². The Kier molecular flexibility index (Phi) is 6.05. The van der Waals surface area contributed by atoms with E-state index in [0.29, 0.717) is 34.0 Å². The van der Waals surface area contributed by atoms with E-state index in [9.17, 15) is 14.7 Å². The molecule has 1 amide bonds. The van der Waals surface area contributed by atoms with Crippen molar-refractivity contribution in [3.8, 4) is 34.0 Å². The highest BCUT2D eigenvalue weighted by molar-refractivity contribution is 5.94. The van der Waals surface area contributed by atoms with Gasteiger partial charge in [-0.15, -0.1) is 0 Å². The molecule has 168 valence electrons. The van der Waals surface area contributed by atoms with Crippen LogP contribution in [0.15, 0.2) is 54.0 Å². The van der Waals surface area contributed by atoms with Gasteiger partial charge in [0.25, 0.3) is 5.91 Å². The molecule has 11 heteroatoms. The zero-order valence-electron chi connectivity index (χ0n) is 18.3. The van der Waals surface area contributed by atoms with Gasteiger partial charge in [0, 0.05) is 62.1 Å². The Hall–Kier alpha value is -4.25. The van der Waals surface area contributed by atoms with Crippen molar-refractivity contribution in [3.05, 3.63) is 65.2 Å². The van der Waals surface area contributed by atoms with Gasteiger partial charge >= 0.3 is 0 Å². The van der Waals surface area contributed by atoms with Crippen molar-refractivity contribution in [1.29, 1.82) is 0 Å². The summed E-state index contributed by atoms with van der Waals surface area (Å²) in [6, 6.07) is 4.23. The smallest absolute Gasteiger partial charge is 0.270 e. The predicted octanol–water partition coefficient (Wildman–Crippen LogP) is 0.810. The van der Waals surface area contributed by atoms with Gasteiger partial charge in [-0.3, -0.25) is 14.3 Å². The molecule has 0 bridgehead atoms. The summed E-state index contributed by atoms with van der Waals surface area (Å²) >= 11 is 0. The van der Waals surface area contributed by atoms with Gasteiger partial charge in [0.15, 0.2) is 11.6 Å². The van der Waals surface area contributed by atoms with E-state index in [0.717, 1.165) is 0 Å². The van der Waals surface area contributed by atoms with E-state index in [1.54, 1.807) is 68.8 Å². The fourth-order valence-electron chi connectivity index (χ4n) is 3.06. The van der Waals surface area contributed by atoms with Crippen LogP contribution in [0.2, 0.25) is 0 Å². The van der Waals surface area contributed by atoms with Crippen LogP contribution in [0, 0.1) is 0 Å². The highest BCUT2D eigenvalue weighted by atomic mass is 16.3. The van der Waals surface area contributed by atoms with E-state index in [2.05, 4.69) is 30.4 Å². The van der Waals surface area contributed by atoms with Crippen LogP contribution in [0.25, 0.3) is 34.0 Å². The van der Waals surface area contributed by atoms with E-state index in [1.807, 2.05) is 0 Å². The van der Waals surface area contributed by atoms with Gasteiger partial charge in [0.2, 0.25) is 5.56 Å². The summed E-state index contributed by atoms with van der Waals surface area (Å²) in [5, 5.41) is 16.1. The zero-order valence-corrected chi connectivity index (χ0v) is 18.3. The average Bonchev–Trinajstić information content (AvgIpc) is 3.27. The lowest BCUT2D eigenvalue weighted by atomic mass is 10.1. The number of hydrogen-bond acceptors (Lipinski definition) is 8. The number of carbonyl (C=O) groups excluding carboxylic acids is 1. The Morgan fingerprint density at radius 3 is 2.42 bits per heavy atom. The summed E-state index contributed by atoms with van der Waals surface area (Å²) in [5.74, 6) is 0.336. The first kappa shape index (κ1) is 22.0. The molecule has 0 spiro atoms. The zero-order chi connectivity index (χ0) is 23.5. The first-order valence-corrected chi connectivity index (χ1v) is 10.1. The molecule has 11 nitrogen and oxygen atoms in total. The van der Waals surface area contributed by atoms with E-state index >= 15 is 0 Å². The van der Waals surface area contributed by atoms with Crippen molar-refractivity contribution < 1.29 is 9.90 Å². The van der Waals surface area contributed by atoms with E-state index in [-0.39, 0.29) is 17.9 Å². The number of aliphatic hydroxyl groups excluding tert-OH is 1. The van der Waals surface area contributed by atoms with Crippen molar-refractivity contribution in [2.24, 2.45) is 14.1 Å². The first-order chi connectivity index (χ1) is 15.8. The van der Waals surface area contributed by atoms with Crippen LogP contribution >= 0.6 is 0 Å². The SMILES string of the molecule is C[C@@H](CO)NC(=O)c1cc(-c2cnc(-c3ccc(=O)n(C)c3)nc2)nc(-c2cnn(C)c2)n1. The average molecular weight is 446 g/mol. The van der Waals surface area contributed by atoms with E-state index in [1.165, 1.54) is 10.6 Å². The molecule has 33 heavy (non-hydrogen) atoms. The Labute approximate surface area is 188 Å². The molecule has 4 rings (SSSR count). The Morgan fingerprint density at radius 2 is 1.79 bits per heavy atom. The number of pyridine rings is 1. The van der Waals surface area contributed by atoms with Crippen molar-refractivity contribution in [3.63, 3.8) is 0 Å². The van der Waals surface area contributed by atoms with Gasteiger partial charge in [-0.2, -0.15) is 5.10 Å². The summed E-state index contributed by atoms with van der Waals surface area (Å²) in [6.45, 7) is 1.49. The third-order valence-corrected chi connectivity index (χ3v) is 4.86. The number of aliphatic hydroxyl groups is 1. The number of aryl methyl sites for hydroxylation is 2. The molecule has 0 aliphatic heterocycles. The first-order valence-electron chi connectivity index (χ1n) is 10.1. The number of amides is 1. The van der Waals surface area contributed by atoms with Crippen LogP contribution in [0.4, 0.5) is 0 Å². The standard InChI is InChI=1S/C22H22N8O3/c1-13(12-31)26-22(33)18-6-17(27-21(28-18)16-9-25-30(3)11-16)15-7-23-20(24-8-15)14-4-5-19(32)29(2)10-14/h4-11,13,31H,12H2,1-3H3,(H,26,33)/t13-/m0/s1. The van der Waals surface area contributed by atoms with Gasteiger partial charge in [0.05, 0.1) is 24.1 Å². The minimum atomic E-state index is -0.437. The van der Waals surface area contributed by atoms with Gasteiger partial charge < -0.3 is 15.0 Å². The molecule has 0 aliphatic rings. The van der Waals surface area contributed by atoms with Gasteiger partial charge in [-0.05, 0) is 19.1 Å². The van der Waals surface area contributed by atoms with Gasteiger partial charge in [-0.25, -0.2) is 19.9 Å². The maximum absolute atomic E-state index is 12.7. The molecule has 0 aromatic carbocycles. The largest absolute Gasteiger partial charge is 0.394 e. The maximum atomic E-state index is 12.7. The van der Waals surface area contributed by atoms with Gasteiger partial charge in [-0.1, -0.05) is 0 Å². The highest BCUT2D eigenvalue weighted by Gasteiger charge is 2.17. The number of carbonyl (C=O) groups is 1. The molecule has 0 aliphatic carbocycles. The Balaban J connectivity index is 1.74. The topological polar surface area (TPSA) is 141 Å². The van der Waals surface area contributed by atoms with Crippen molar-refractivity contribution in [2.45, 2.75) is 13.0 Å². The summed E-state index contributed by atoms with van der Waals surface area (Å²) in [5.41, 5.74) is 2.40. The fraction of sp³-hybridized carbons (Fsp3) is 0.227. The normalized spacial score (nSPS) is 11.9. The minimum Gasteiger partial charge on any atom is -0.394 e. The molecule has 0 unspecified atom stereocenters. The van der Waals surface area contributed by atoms with Crippen LogP contribution in [0.3, 0.4) is 0 Å². The lowest BCUT2D eigenvalue weighted by Gasteiger charge is -2.12. The lowest BCUT2D eigenvalue weighted by molar-refractivity contribution is 0.0917. The molecule has 4 aromatic heterocycles. The number of rotatable bonds is 6. The molecular formula is C22H22N8O3. The molecule has 1 atom stereocenters. The second-order valence-corrected chi connectivity index (χ2v) is 7.58. The summed E-state index contributed by atoms with van der Waals surface area (Å²) in [7, 11) is 3.43. The van der Waals surface area contributed by atoms with Crippen molar-refractivity contribution in [2.75, 3.05) is 6.61 Å². The van der Waals surface area contributed by atoms with Crippen LogP contribution in [0.1, 0.15) is 17.4 Å². The third kappa shape index (κ3) is 4.83. The quantitative estimate of drug-likeness (QED) is 0.443. The molecule has 0 radical (unpaired) electrons. The number of aromatic nitrogens is 7. The fourth-order valence-corrected chi connectivity index (χ4v) is 3.06. The number of nitrogens with zero attached hydrogens (tertiary/aromatic N) is 7. The van der Waals surface area contributed by atoms with Gasteiger partial charge in [0.1, 0.15) is 5.69 Å². The van der Waals surface area contributed by atoms with Crippen molar-refractivity contribution >= 4 is 5.91 Å². The summed E-state index contributed by atoms with van der Waals surface area (Å²) in [6.07, 6.45) is 8.21. The third-order valence-electron chi connectivity index (χ3n) is 4.86. The highest BCUT2D eigenvalue weighted by Crippen LogP contribution is 2.23. The number of nitrogens with one attached hydrogen (secondary N) is 1. The van der Waals surface area contributed by atoms with Crippen LogP contribution in [0.5, 0.6) is 0 Å². The lowest BCUT2D eigenvalue weighted by Crippen LogP contribution is -2.35. The summed E-state index contributed by atoms with van der Waals surface area (Å²) in [4.78, 5) is 42.1. The van der Waals surface area contributed by atoms with E-state index in [4.69, 9.17) is 0 Å². The monoisotopic (exact) mass is 446 g/mol. The summed E-state index contributed by atoms with van der Waals surface area (Å²) < 4.78 is 3.07.